The van der Waals surface area contributed by atoms with Crippen LogP contribution >= 0.6 is 0 Å². The molecule has 1 aliphatic heterocycles. The fourth-order valence-electron chi connectivity index (χ4n) is 2.75. The first kappa shape index (κ1) is 19.3. The van der Waals surface area contributed by atoms with Gasteiger partial charge in [-0.05, 0) is 31.2 Å². The summed E-state index contributed by atoms with van der Waals surface area (Å²) in [5.41, 5.74) is 0.288. The smallest absolute Gasteiger partial charge is 0.249 e. The van der Waals surface area contributed by atoms with E-state index in [1.165, 1.54) is 34.3 Å². The number of rotatable bonds is 6. The third-order valence-electron chi connectivity index (χ3n) is 4.34. The van der Waals surface area contributed by atoms with E-state index in [-0.39, 0.29) is 16.5 Å². The van der Waals surface area contributed by atoms with Crippen LogP contribution in [0.15, 0.2) is 41.6 Å². The SMILES string of the molecule is COc1ccc(S(=O)(=O)N2CCOCC2)cc1NC(=O)[C@H](C)n1cccn1. The summed E-state index contributed by atoms with van der Waals surface area (Å²) >= 11 is 0. The Kier molecular flexibility index (Phi) is 5.78. The average Bonchev–Trinajstić information content (AvgIpc) is 3.22. The summed E-state index contributed by atoms with van der Waals surface area (Å²) in [4.78, 5) is 12.6. The molecule has 0 aliphatic carbocycles. The molecule has 1 amide bonds. The first-order valence-electron chi connectivity index (χ1n) is 8.49. The van der Waals surface area contributed by atoms with Gasteiger partial charge in [0.05, 0.1) is 30.9 Å². The zero-order valence-electron chi connectivity index (χ0n) is 15.2. The number of amides is 1. The monoisotopic (exact) mass is 394 g/mol. The molecule has 1 atom stereocenters. The lowest BCUT2D eigenvalue weighted by molar-refractivity contribution is -0.119. The lowest BCUT2D eigenvalue weighted by atomic mass is 10.2. The molecular weight excluding hydrogens is 372 g/mol. The van der Waals surface area contributed by atoms with Crippen LogP contribution < -0.4 is 10.1 Å². The summed E-state index contributed by atoms with van der Waals surface area (Å²) in [6, 6.07) is 5.57. The molecule has 0 unspecified atom stereocenters. The van der Waals surface area contributed by atoms with E-state index < -0.39 is 16.1 Å². The van der Waals surface area contributed by atoms with Crippen molar-refractivity contribution in [2.24, 2.45) is 0 Å². The molecular formula is C17H22N4O5S. The molecule has 9 nitrogen and oxygen atoms in total. The van der Waals surface area contributed by atoms with Gasteiger partial charge in [-0.2, -0.15) is 9.40 Å². The van der Waals surface area contributed by atoms with Crippen molar-refractivity contribution in [3.05, 3.63) is 36.7 Å². The number of methoxy groups -OCH3 is 1. The molecule has 1 N–H and O–H groups in total. The quantitative estimate of drug-likeness (QED) is 0.787. The van der Waals surface area contributed by atoms with Crippen molar-refractivity contribution >= 4 is 21.6 Å². The molecule has 0 radical (unpaired) electrons. The van der Waals surface area contributed by atoms with Crippen molar-refractivity contribution in [2.75, 3.05) is 38.7 Å². The van der Waals surface area contributed by atoms with E-state index in [2.05, 4.69) is 10.4 Å². The van der Waals surface area contributed by atoms with E-state index in [1.807, 2.05) is 0 Å². The number of benzene rings is 1. The van der Waals surface area contributed by atoms with Gasteiger partial charge in [-0.15, -0.1) is 0 Å². The van der Waals surface area contributed by atoms with Gasteiger partial charge in [-0.3, -0.25) is 9.48 Å². The molecule has 2 aromatic rings. The van der Waals surface area contributed by atoms with Crippen LogP contribution in [0.1, 0.15) is 13.0 Å². The number of hydrogen-bond acceptors (Lipinski definition) is 6. The molecule has 0 spiro atoms. The zero-order valence-corrected chi connectivity index (χ0v) is 16.0. The molecule has 10 heteroatoms. The molecule has 1 aromatic heterocycles. The highest BCUT2D eigenvalue weighted by Gasteiger charge is 2.27. The van der Waals surface area contributed by atoms with Crippen molar-refractivity contribution in [1.82, 2.24) is 14.1 Å². The van der Waals surface area contributed by atoms with E-state index in [0.29, 0.717) is 32.1 Å². The Morgan fingerprint density at radius 1 is 1.33 bits per heavy atom. The number of nitrogens with zero attached hydrogens (tertiary/aromatic N) is 3. The Hall–Kier alpha value is -2.43. The minimum Gasteiger partial charge on any atom is -0.495 e. The second kappa shape index (κ2) is 8.07. The predicted octanol–water partition coefficient (Wildman–Crippen LogP) is 1.11. The number of aromatic nitrogens is 2. The Labute approximate surface area is 157 Å². The minimum absolute atomic E-state index is 0.0900. The third kappa shape index (κ3) is 4.12. The van der Waals surface area contributed by atoms with Gasteiger partial charge < -0.3 is 14.8 Å². The standard InChI is InChI=1S/C17H22N4O5S/c1-13(21-7-3-6-18-21)17(22)19-15-12-14(4-5-16(15)25-2)27(23,24)20-8-10-26-11-9-20/h3-7,12-13H,8-11H2,1-2H3,(H,19,22)/t13-/m0/s1. The summed E-state index contributed by atoms with van der Waals surface area (Å²) in [6.45, 7) is 3.02. The van der Waals surface area contributed by atoms with E-state index >= 15 is 0 Å². The predicted molar refractivity (Wildman–Crippen MR) is 98.1 cm³/mol. The van der Waals surface area contributed by atoms with Crippen LogP contribution in [0.5, 0.6) is 5.75 Å². The molecule has 27 heavy (non-hydrogen) atoms. The number of carbonyl (C=O) groups excluding carboxylic acids is 1. The maximum absolute atomic E-state index is 12.8. The molecule has 1 aromatic carbocycles. The number of ether oxygens (including phenoxy) is 2. The third-order valence-corrected chi connectivity index (χ3v) is 6.23. The van der Waals surface area contributed by atoms with E-state index in [0.717, 1.165) is 0 Å². The number of anilines is 1. The molecule has 0 saturated carbocycles. The van der Waals surface area contributed by atoms with Gasteiger partial charge in [0.25, 0.3) is 0 Å². The first-order chi connectivity index (χ1) is 12.9. The van der Waals surface area contributed by atoms with Crippen molar-refractivity contribution in [2.45, 2.75) is 17.9 Å². The van der Waals surface area contributed by atoms with Gasteiger partial charge in [0.15, 0.2) is 0 Å². The Bertz CT molecular complexity index is 892. The van der Waals surface area contributed by atoms with E-state index in [1.54, 1.807) is 25.4 Å². The van der Waals surface area contributed by atoms with Crippen molar-refractivity contribution in [3.63, 3.8) is 0 Å². The number of carbonyl (C=O) groups is 1. The van der Waals surface area contributed by atoms with Crippen molar-refractivity contribution in [1.29, 1.82) is 0 Å². The van der Waals surface area contributed by atoms with E-state index in [4.69, 9.17) is 9.47 Å². The number of nitrogens with one attached hydrogen (secondary N) is 1. The van der Waals surface area contributed by atoms with E-state index in [9.17, 15) is 13.2 Å². The number of morpholine rings is 1. The minimum atomic E-state index is -3.68. The van der Waals surface area contributed by atoms with Crippen LogP contribution in [0.3, 0.4) is 0 Å². The van der Waals surface area contributed by atoms with Crippen LogP contribution in [-0.4, -0.2) is 61.8 Å². The molecule has 1 fully saturated rings. The van der Waals surface area contributed by atoms with Crippen molar-refractivity contribution < 1.29 is 22.7 Å². The number of hydrogen-bond donors (Lipinski definition) is 1. The summed E-state index contributed by atoms with van der Waals surface area (Å²) in [5.74, 6) is 0.0369. The summed E-state index contributed by atoms with van der Waals surface area (Å²) in [5, 5.41) is 6.78. The van der Waals surface area contributed by atoms with Gasteiger partial charge in [-0.1, -0.05) is 0 Å². The normalized spacial score (nSPS) is 16.7. The van der Waals surface area contributed by atoms with Gasteiger partial charge in [0.2, 0.25) is 15.9 Å². The molecule has 2 heterocycles. The summed E-state index contributed by atoms with van der Waals surface area (Å²) in [6.07, 6.45) is 3.26. The second-order valence-corrected chi connectivity index (χ2v) is 7.97. The topological polar surface area (TPSA) is 103 Å². The van der Waals surface area contributed by atoms with Gasteiger partial charge >= 0.3 is 0 Å². The maximum Gasteiger partial charge on any atom is 0.249 e. The molecule has 146 valence electrons. The second-order valence-electron chi connectivity index (χ2n) is 6.03. The van der Waals surface area contributed by atoms with Crippen LogP contribution in [0.25, 0.3) is 0 Å². The summed E-state index contributed by atoms with van der Waals surface area (Å²) < 4.78 is 39.1. The van der Waals surface area contributed by atoms with Crippen LogP contribution in [-0.2, 0) is 19.6 Å². The van der Waals surface area contributed by atoms with Crippen molar-refractivity contribution in [3.8, 4) is 5.75 Å². The van der Waals surface area contributed by atoms with Crippen LogP contribution in [0, 0.1) is 0 Å². The van der Waals surface area contributed by atoms with Gasteiger partial charge in [-0.25, -0.2) is 8.42 Å². The zero-order chi connectivity index (χ0) is 19.4. The maximum atomic E-state index is 12.8. The fourth-order valence-corrected chi connectivity index (χ4v) is 4.18. The lowest BCUT2D eigenvalue weighted by Gasteiger charge is -2.26. The first-order valence-corrected chi connectivity index (χ1v) is 9.93. The molecule has 3 rings (SSSR count). The summed E-state index contributed by atoms with van der Waals surface area (Å²) in [7, 11) is -2.22. The van der Waals surface area contributed by atoms with Crippen LogP contribution in [0.4, 0.5) is 5.69 Å². The molecule has 1 aliphatic rings. The molecule has 1 saturated heterocycles. The fraction of sp³-hybridized carbons (Fsp3) is 0.412. The largest absolute Gasteiger partial charge is 0.495 e. The lowest BCUT2D eigenvalue weighted by Crippen LogP contribution is -2.40. The Morgan fingerprint density at radius 2 is 2.07 bits per heavy atom. The highest BCUT2D eigenvalue weighted by Crippen LogP contribution is 2.29. The van der Waals surface area contributed by atoms with Gasteiger partial charge in [0, 0.05) is 25.5 Å². The highest BCUT2D eigenvalue weighted by atomic mass is 32.2. The van der Waals surface area contributed by atoms with Gasteiger partial charge in [0.1, 0.15) is 11.8 Å². The molecule has 0 bridgehead atoms. The Balaban J connectivity index is 1.86. The van der Waals surface area contributed by atoms with Crippen LogP contribution in [0.2, 0.25) is 0 Å². The highest BCUT2D eigenvalue weighted by molar-refractivity contribution is 7.89. The Morgan fingerprint density at radius 3 is 2.70 bits per heavy atom. The average molecular weight is 394 g/mol. The number of sulfonamides is 1.